The van der Waals surface area contributed by atoms with Crippen molar-refractivity contribution in [3.63, 3.8) is 0 Å². The van der Waals surface area contributed by atoms with Crippen molar-refractivity contribution >= 4 is 10.8 Å². The number of aliphatic hydroxyl groups is 1. The van der Waals surface area contributed by atoms with Crippen LogP contribution in [0.5, 0.6) is 0 Å². The van der Waals surface area contributed by atoms with Crippen LogP contribution < -0.4 is 0 Å². The van der Waals surface area contributed by atoms with Crippen LogP contribution >= 0.6 is 0 Å². The predicted molar refractivity (Wildman–Crippen MR) is 54.6 cm³/mol. The van der Waals surface area contributed by atoms with E-state index in [-0.39, 0.29) is 10.5 Å². The zero-order valence-corrected chi connectivity index (χ0v) is 9.07. The fourth-order valence-corrected chi connectivity index (χ4v) is 4.91. The van der Waals surface area contributed by atoms with Crippen molar-refractivity contribution in [1.82, 2.24) is 5.16 Å². The van der Waals surface area contributed by atoms with Crippen LogP contribution in [0.3, 0.4) is 0 Å². The van der Waals surface area contributed by atoms with Crippen LogP contribution in [0.4, 0.5) is 0 Å². The van der Waals surface area contributed by atoms with Crippen LogP contribution in [0.2, 0.25) is 0 Å². The molecule has 2 unspecified atom stereocenters. The van der Waals surface area contributed by atoms with Crippen molar-refractivity contribution < 1.29 is 13.8 Å². The zero-order valence-electron chi connectivity index (χ0n) is 8.26. The molecule has 5 heteroatoms. The third kappa shape index (κ3) is 1.37. The summed E-state index contributed by atoms with van der Waals surface area (Å²) in [6.45, 7) is 0. The van der Waals surface area contributed by atoms with Gasteiger partial charge in [-0.15, -0.1) is 0 Å². The molecule has 2 bridgehead atoms. The molecule has 82 valence electrons. The highest BCUT2D eigenvalue weighted by Crippen LogP contribution is 2.45. The molecule has 1 aromatic heterocycles. The first kappa shape index (κ1) is 9.54. The molecule has 2 fully saturated rings. The van der Waals surface area contributed by atoms with Gasteiger partial charge in [0, 0.05) is 26.9 Å². The van der Waals surface area contributed by atoms with Gasteiger partial charge in [0.05, 0.1) is 11.8 Å². The number of hydrogen-bond acceptors (Lipinski definition) is 4. The van der Waals surface area contributed by atoms with Crippen LogP contribution in [-0.4, -0.2) is 25.0 Å². The van der Waals surface area contributed by atoms with Crippen LogP contribution in [0.1, 0.15) is 31.2 Å². The summed E-state index contributed by atoms with van der Waals surface area (Å²) in [7, 11) is -0.738. The lowest BCUT2D eigenvalue weighted by Gasteiger charge is -2.34. The average Bonchev–Trinajstić information content (AvgIpc) is 2.79. The summed E-state index contributed by atoms with van der Waals surface area (Å²) in [6.07, 6.45) is 6.17. The van der Waals surface area contributed by atoms with Crippen LogP contribution in [0, 0.1) is 0 Å². The van der Waals surface area contributed by atoms with Gasteiger partial charge >= 0.3 is 0 Å². The molecule has 0 saturated carbocycles. The lowest BCUT2D eigenvalue weighted by molar-refractivity contribution is 0.0179. The smallest absolute Gasteiger partial charge is 0.129 e. The molecule has 3 rings (SSSR count). The third-order valence-electron chi connectivity index (χ3n) is 3.57. The molecule has 2 aliphatic heterocycles. The standard InChI is InChI=1S/C10H13NO3S/c12-10(7-5-11-14-6-7)3-8-1-2-9(4-10)15(8)13/h5-6,8-9,12H,1-4H2. The first-order valence-corrected chi connectivity index (χ1v) is 6.48. The second-order valence-corrected chi connectivity index (χ2v) is 6.49. The monoisotopic (exact) mass is 227 g/mol. The topological polar surface area (TPSA) is 63.3 Å². The Bertz CT molecular complexity index is 373. The molecule has 0 aromatic carbocycles. The van der Waals surface area contributed by atoms with Crippen LogP contribution in [0.25, 0.3) is 0 Å². The Morgan fingerprint density at radius 3 is 2.67 bits per heavy atom. The molecule has 4 nitrogen and oxygen atoms in total. The molecule has 1 aromatic rings. The summed E-state index contributed by atoms with van der Waals surface area (Å²) in [5.41, 5.74) is -0.129. The van der Waals surface area contributed by atoms with E-state index in [9.17, 15) is 9.32 Å². The van der Waals surface area contributed by atoms with E-state index in [1.165, 1.54) is 6.26 Å². The summed E-state index contributed by atoms with van der Waals surface area (Å²) in [4.78, 5) is 0. The summed E-state index contributed by atoms with van der Waals surface area (Å²) in [5.74, 6) is 0. The highest BCUT2D eigenvalue weighted by atomic mass is 32.2. The SMILES string of the molecule is O=S1C2CCC1CC(O)(c1cnoc1)C2. The highest BCUT2D eigenvalue weighted by molar-refractivity contribution is 7.86. The number of hydrogen-bond donors (Lipinski definition) is 1. The van der Waals surface area contributed by atoms with Gasteiger partial charge in [-0.25, -0.2) is 0 Å². The van der Waals surface area contributed by atoms with Gasteiger partial charge < -0.3 is 9.63 Å². The molecule has 0 amide bonds. The lowest BCUT2D eigenvalue weighted by Crippen LogP contribution is -2.40. The first-order valence-electron chi connectivity index (χ1n) is 5.21. The van der Waals surface area contributed by atoms with Crippen molar-refractivity contribution in [3.05, 3.63) is 18.0 Å². The molecule has 2 atom stereocenters. The Morgan fingerprint density at radius 2 is 2.13 bits per heavy atom. The summed E-state index contributed by atoms with van der Waals surface area (Å²) in [6, 6.07) is 0. The van der Waals surface area contributed by atoms with Gasteiger partial charge in [0.25, 0.3) is 0 Å². The largest absolute Gasteiger partial charge is 0.385 e. The van der Waals surface area contributed by atoms with Crippen LogP contribution in [-0.2, 0) is 16.4 Å². The molecular weight excluding hydrogens is 214 g/mol. The van der Waals surface area contributed by atoms with Gasteiger partial charge in [0.1, 0.15) is 6.26 Å². The Morgan fingerprint density at radius 1 is 1.47 bits per heavy atom. The lowest BCUT2D eigenvalue weighted by atomic mass is 9.88. The number of nitrogens with zero attached hydrogens (tertiary/aromatic N) is 1. The summed E-state index contributed by atoms with van der Waals surface area (Å²) >= 11 is 0. The maximum Gasteiger partial charge on any atom is 0.129 e. The van der Waals surface area contributed by atoms with Crippen LogP contribution in [0.15, 0.2) is 17.0 Å². The minimum Gasteiger partial charge on any atom is -0.385 e. The molecule has 2 aliphatic rings. The Hall–Kier alpha value is -0.680. The third-order valence-corrected chi connectivity index (χ3v) is 5.69. The molecule has 2 saturated heterocycles. The van der Waals surface area contributed by atoms with E-state index >= 15 is 0 Å². The summed E-state index contributed by atoms with van der Waals surface area (Å²) in [5, 5.41) is 14.4. The van der Waals surface area contributed by atoms with Gasteiger partial charge in [0.15, 0.2) is 0 Å². The van der Waals surface area contributed by atoms with Crippen molar-refractivity contribution in [2.75, 3.05) is 0 Å². The second kappa shape index (κ2) is 3.15. The predicted octanol–water partition coefficient (Wildman–Crippen LogP) is 0.936. The molecular formula is C10H13NO3S. The van der Waals surface area contributed by atoms with Crippen molar-refractivity contribution in [2.45, 2.75) is 41.8 Å². The number of aromatic nitrogens is 1. The quantitative estimate of drug-likeness (QED) is 0.775. The van der Waals surface area contributed by atoms with E-state index in [4.69, 9.17) is 4.52 Å². The number of fused-ring (bicyclic) bond motifs is 2. The Labute approximate surface area is 90.1 Å². The fourth-order valence-electron chi connectivity index (χ4n) is 2.75. The zero-order chi connectivity index (χ0) is 10.5. The Kier molecular flexibility index (Phi) is 2.01. The maximum absolute atomic E-state index is 11.8. The minimum absolute atomic E-state index is 0.156. The normalized spacial score (nSPS) is 44.5. The van der Waals surface area contributed by atoms with Crippen molar-refractivity contribution in [1.29, 1.82) is 0 Å². The summed E-state index contributed by atoms with van der Waals surface area (Å²) < 4.78 is 16.6. The molecule has 3 heterocycles. The molecule has 0 radical (unpaired) electrons. The van der Waals surface area contributed by atoms with Crippen molar-refractivity contribution in [2.24, 2.45) is 0 Å². The minimum atomic E-state index is -0.861. The van der Waals surface area contributed by atoms with E-state index in [0.717, 1.165) is 18.4 Å². The fraction of sp³-hybridized carbons (Fsp3) is 0.700. The van der Waals surface area contributed by atoms with Gasteiger partial charge in [-0.2, -0.15) is 0 Å². The van der Waals surface area contributed by atoms with Gasteiger partial charge in [-0.3, -0.25) is 4.21 Å². The highest BCUT2D eigenvalue weighted by Gasteiger charge is 2.48. The molecule has 0 aliphatic carbocycles. The van der Waals surface area contributed by atoms with Gasteiger partial charge in [-0.05, 0) is 25.7 Å². The van der Waals surface area contributed by atoms with E-state index in [2.05, 4.69) is 5.16 Å². The number of rotatable bonds is 1. The second-order valence-electron chi connectivity index (χ2n) is 4.50. The molecule has 1 N–H and O–H groups in total. The van der Waals surface area contributed by atoms with Gasteiger partial charge in [0.2, 0.25) is 0 Å². The van der Waals surface area contributed by atoms with E-state index in [1.54, 1.807) is 6.20 Å². The van der Waals surface area contributed by atoms with E-state index in [0.29, 0.717) is 12.8 Å². The first-order chi connectivity index (χ1) is 7.19. The Balaban J connectivity index is 1.94. The average molecular weight is 227 g/mol. The van der Waals surface area contributed by atoms with E-state index in [1.807, 2.05) is 0 Å². The molecule has 15 heavy (non-hydrogen) atoms. The maximum atomic E-state index is 11.8. The van der Waals surface area contributed by atoms with Crippen molar-refractivity contribution in [3.8, 4) is 0 Å². The molecule has 0 spiro atoms. The van der Waals surface area contributed by atoms with Gasteiger partial charge in [-0.1, -0.05) is 5.16 Å². The van der Waals surface area contributed by atoms with E-state index < -0.39 is 16.4 Å².